The lowest BCUT2D eigenvalue weighted by Gasteiger charge is -2.38. The molecule has 40 heavy (non-hydrogen) atoms. The Morgan fingerprint density at radius 3 is 2.38 bits per heavy atom. The molecule has 0 unspecified atom stereocenters. The number of nitrogens with zero attached hydrogens (tertiary/aromatic N) is 6. The minimum absolute atomic E-state index is 0.00969. The average Bonchev–Trinajstić information content (AvgIpc) is 3.36. The number of aliphatic hydroxyl groups is 1. The van der Waals surface area contributed by atoms with Crippen LogP contribution in [0.4, 0.5) is 13.2 Å². The second kappa shape index (κ2) is 11.1. The molecule has 1 fully saturated rings. The number of amides is 1. The largest absolute Gasteiger partial charge is 0.497 e. The Labute approximate surface area is 236 Å². The summed E-state index contributed by atoms with van der Waals surface area (Å²) in [6.45, 7) is 2.78. The summed E-state index contributed by atoms with van der Waals surface area (Å²) in [4.78, 5) is 25.9. The number of carbonyl (C=O) groups is 1. The highest BCUT2D eigenvalue weighted by atomic mass is 79.9. The molecule has 5 rings (SSSR count). The molecular formula is C27H26BrF3N6O3. The van der Waals surface area contributed by atoms with Crippen molar-refractivity contribution < 1.29 is 27.8 Å². The summed E-state index contributed by atoms with van der Waals surface area (Å²) in [7, 11) is 1.50. The van der Waals surface area contributed by atoms with E-state index in [1.165, 1.54) is 14.0 Å². The number of methoxy groups -OCH3 is 1. The first-order chi connectivity index (χ1) is 19.1. The molecule has 4 aromatic rings. The third-order valence-electron chi connectivity index (χ3n) is 7.10. The number of alkyl halides is 3. The van der Waals surface area contributed by atoms with E-state index in [-0.39, 0.29) is 35.1 Å². The van der Waals surface area contributed by atoms with Crippen LogP contribution >= 0.6 is 15.9 Å². The number of hydrogen-bond acceptors (Lipinski definition) is 7. The lowest BCUT2D eigenvalue weighted by atomic mass is 10.0. The zero-order chi connectivity index (χ0) is 28.6. The van der Waals surface area contributed by atoms with Gasteiger partial charge in [-0.2, -0.15) is 18.3 Å². The third-order valence-corrected chi connectivity index (χ3v) is 7.57. The molecule has 0 aliphatic carbocycles. The highest BCUT2D eigenvalue weighted by molar-refractivity contribution is 9.10. The van der Waals surface area contributed by atoms with Crippen LogP contribution in [0.25, 0.3) is 16.9 Å². The molecule has 1 atom stereocenters. The number of carbonyl (C=O) groups excluding carboxylic acids is 1. The van der Waals surface area contributed by atoms with Gasteiger partial charge in [-0.1, -0.05) is 6.07 Å². The highest BCUT2D eigenvalue weighted by Crippen LogP contribution is 2.37. The van der Waals surface area contributed by atoms with Crippen LogP contribution in [-0.2, 0) is 6.18 Å². The van der Waals surface area contributed by atoms with Gasteiger partial charge < -0.3 is 14.7 Å². The Morgan fingerprint density at radius 2 is 1.80 bits per heavy atom. The Kier molecular flexibility index (Phi) is 7.80. The second-order valence-corrected chi connectivity index (χ2v) is 10.2. The van der Waals surface area contributed by atoms with E-state index < -0.39 is 17.8 Å². The third kappa shape index (κ3) is 5.28. The van der Waals surface area contributed by atoms with Gasteiger partial charge in [0.2, 0.25) is 0 Å². The topological polar surface area (TPSA) is 96.1 Å². The number of piperazine rings is 1. The molecule has 210 valence electrons. The molecule has 1 aliphatic rings. The van der Waals surface area contributed by atoms with Gasteiger partial charge in [0, 0.05) is 43.5 Å². The van der Waals surface area contributed by atoms with Crippen molar-refractivity contribution in [2.45, 2.75) is 19.1 Å². The fourth-order valence-electron chi connectivity index (χ4n) is 5.01. The van der Waals surface area contributed by atoms with E-state index in [1.807, 2.05) is 6.07 Å². The van der Waals surface area contributed by atoms with Crippen LogP contribution in [0, 0.1) is 6.92 Å². The average molecular weight is 619 g/mol. The first kappa shape index (κ1) is 28.0. The summed E-state index contributed by atoms with van der Waals surface area (Å²) < 4.78 is 49.3. The smallest absolute Gasteiger partial charge is 0.433 e. The minimum atomic E-state index is -4.73. The SMILES string of the molecule is COc1ccc(-c2nc3c(C(=O)N4CCN([C@H](CO)c5ccc(Br)nc5)CC4)cnn3c(C(F)(F)F)c2C)cc1. The predicted molar refractivity (Wildman–Crippen MR) is 144 cm³/mol. The summed E-state index contributed by atoms with van der Waals surface area (Å²) in [5.41, 5.74) is 0.153. The van der Waals surface area contributed by atoms with Gasteiger partial charge >= 0.3 is 6.18 Å². The molecule has 9 nitrogen and oxygen atoms in total. The molecule has 0 radical (unpaired) electrons. The molecule has 0 bridgehead atoms. The van der Waals surface area contributed by atoms with Crippen LogP contribution in [0.5, 0.6) is 5.75 Å². The fraction of sp³-hybridized carbons (Fsp3) is 0.333. The van der Waals surface area contributed by atoms with Gasteiger partial charge in [0.1, 0.15) is 15.9 Å². The molecule has 3 aromatic heterocycles. The summed E-state index contributed by atoms with van der Waals surface area (Å²) in [6, 6.07) is 9.91. The molecule has 1 saturated heterocycles. The van der Waals surface area contributed by atoms with Gasteiger partial charge in [-0.3, -0.25) is 9.69 Å². The monoisotopic (exact) mass is 618 g/mol. The van der Waals surface area contributed by atoms with Crippen molar-refractivity contribution in [3.05, 3.63) is 75.8 Å². The second-order valence-electron chi connectivity index (χ2n) is 9.39. The summed E-state index contributed by atoms with van der Waals surface area (Å²) in [5, 5.41) is 14.0. The maximum atomic E-state index is 14.2. The summed E-state index contributed by atoms with van der Waals surface area (Å²) >= 11 is 3.30. The number of benzene rings is 1. The molecule has 0 saturated carbocycles. The van der Waals surface area contributed by atoms with E-state index in [4.69, 9.17) is 4.74 Å². The lowest BCUT2D eigenvalue weighted by Crippen LogP contribution is -2.50. The number of pyridine rings is 1. The van der Waals surface area contributed by atoms with Crippen LogP contribution in [0.15, 0.2) is 53.4 Å². The van der Waals surface area contributed by atoms with Gasteiger partial charge in [0.05, 0.1) is 31.6 Å². The first-order valence-electron chi connectivity index (χ1n) is 12.5. The highest BCUT2D eigenvalue weighted by Gasteiger charge is 2.39. The van der Waals surface area contributed by atoms with Crippen molar-refractivity contribution >= 4 is 27.5 Å². The van der Waals surface area contributed by atoms with Crippen LogP contribution in [-0.4, -0.2) is 80.3 Å². The summed E-state index contributed by atoms with van der Waals surface area (Å²) in [6.07, 6.45) is -1.90. The molecule has 0 spiro atoms. The van der Waals surface area contributed by atoms with Gasteiger partial charge in [-0.15, -0.1) is 0 Å². The zero-order valence-electron chi connectivity index (χ0n) is 21.7. The van der Waals surface area contributed by atoms with E-state index >= 15 is 0 Å². The van der Waals surface area contributed by atoms with Crippen molar-refractivity contribution in [1.29, 1.82) is 0 Å². The number of hydrogen-bond donors (Lipinski definition) is 1. The van der Waals surface area contributed by atoms with Crippen molar-refractivity contribution in [3.63, 3.8) is 0 Å². The molecule has 1 aromatic carbocycles. The number of rotatable bonds is 6. The van der Waals surface area contributed by atoms with Crippen LogP contribution in [0.3, 0.4) is 0 Å². The number of aromatic nitrogens is 4. The molecular weight excluding hydrogens is 593 g/mol. The van der Waals surface area contributed by atoms with Gasteiger partial charge in [-0.05, 0) is 58.7 Å². The first-order valence-corrected chi connectivity index (χ1v) is 13.3. The Hall–Kier alpha value is -3.55. The van der Waals surface area contributed by atoms with E-state index in [2.05, 4.69) is 35.9 Å². The Morgan fingerprint density at radius 1 is 1.10 bits per heavy atom. The van der Waals surface area contributed by atoms with Crippen molar-refractivity contribution in [2.24, 2.45) is 0 Å². The predicted octanol–water partition coefficient (Wildman–Crippen LogP) is 4.38. The maximum absolute atomic E-state index is 14.2. The van der Waals surface area contributed by atoms with Gasteiger partial charge in [0.25, 0.3) is 5.91 Å². The van der Waals surface area contributed by atoms with E-state index in [0.29, 0.717) is 46.6 Å². The molecule has 1 aliphatic heterocycles. The minimum Gasteiger partial charge on any atom is -0.497 e. The number of ether oxygens (including phenoxy) is 1. The van der Waals surface area contributed by atoms with E-state index in [1.54, 1.807) is 41.4 Å². The fourth-order valence-corrected chi connectivity index (χ4v) is 5.25. The van der Waals surface area contributed by atoms with Crippen molar-refractivity contribution in [2.75, 3.05) is 39.9 Å². The standard InChI is InChI=1S/C27H26BrF3N6O3/c1-16-23(17-3-6-19(40-2)7-4-17)34-25-20(14-33-37(25)24(16)27(29,30)31)26(39)36-11-9-35(10-12-36)21(15-38)18-5-8-22(28)32-13-18/h3-8,13-14,21,38H,9-12,15H2,1-2H3/t21-/m1/s1. The molecule has 13 heteroatoms. The molecule has 1 amide bonds. The van der Waals surface area contributed by atoms with Gasteiger partial charge in [-0.25, -0.2) is 14.5 Å². The van der Waals surface area contributed by atoms with Crippen molar-refractivity contribution in [3.8, 4) is 17.0 Å². The van der Waals surface area contributed by atoms with Crippen LogP contribution in [0.2, 0.25) is 0 Å². The van der Waals surface area contributed by atoms with Crippen LogP contribution < -0.4 is 4.74 Å². The van der Waals surface area contributed by atoms with Gasteiger partial charge in [0.15, 0.2) is 11.3 Å². The van der Waals surface area contributed by atoms with E-state index in [9.17, 15) is 23.1 Å². The summed E-state index contributed by atoms with van der Waals surface area (Å²) in [5.74, 6) is 0.100. The molecule has 1 N–H and O–H groups in total. The zero-order valence-corrected chi connectivity index (χ0v) is 23.3. The van der Waals surface area contributed by atoms with E-state index in [0.717, 1.165) is 11.8 Å². The molecule has 4 heterocycles. The maximum Gasteiger partial charge on any atom is 0.433 e. The van der Waals surface area contributed by atoms with Crippen molar-refractivity contribution in [1.82, 2.24) is 29.4 Å². The number of aliphatic hydroxyl groups excluding tert-OH is 1. The van der Waals surface area contributed by atoms with Crippen LogP contribution in [0.1, 0.15) is 33.2 Å². The number of halogens is 4. The lowest BCUT2D eigenvalue weighted by molar-refractivity contribution is -0.143. The quantitative estimate of drug-likeness (QED) is 0.320. The number of fused-ring (bicyclic) bond motifs is 1. The normalized spacial score (nSPS) is 15.4. The Bertz CT molecular complexity index is 1520. The Balaban J connectivity index is 1.45.